The number of hydrogen-bond acceptors (Lipinski definition) is 4. The van der Waals surface area contributed by atoms with Crippen LogP contribution in [0.1, 0.15) is 5.56 Å². The number of benzene rings is 2. The summed E-state index contributed by atoms with van der Waals surface area (Å²) in [5, 5.41) is 3.09. The molecule has 0 unspecified atom stereocenters. The lowest BCUT2D eigenvalue weighted by Crippen LogP contribution is -2.22. The predicted octanol–water partition coefficient (Wildman–Crippen LogP) is 3.27. The number of nitrogens with zero attached hydrogens (tertiary/aromatic N) is 2. The molecule has 0 aliphatic rings. The summed E-state index contributed by atoms with van der Waals surface area (Å²) >= 11 is 1.13. The van der Waals surface area contributed by atoms with Gasteiger partial charge < -0.3 is 5.32 Å². The van der Waals surface area contributed by atoms with E-state index < -0.39 is 0 Å². The summed E-state index contributed by atoms with van der Waals surface area (Å²) in [6.07, 6.45) is 3.19. The second kappa shape index (κ2) is 7.81. The van der Waals surface area contributed by atoms with Crippen LogP contribution >= 0.6 is 11.8 Å². The summed E-state index contributed by atoms with van der Waals surface area (Å²) in [5.74, 6) is -0.0576. The summed E-state index contributed by atoms with van der Waals surface area (Å²) in [5.41, 5.74) is 2.39. The number of aromatic nitrogens is 2. The van der Waals surface area contributed by atoms with Crippen molar-refractivity contribution >= 4 is 23.4 Å². The first kappa shape index (κ1) is 17.0. The summed E-state index contributed by atoms with van der Waals surface area (Å²) in [6.45, 7) is 1.99. The average molecular weight is 351 g/mol. The lowest BCUT2D eigenvalue weighted by molar-refractivity contribution is -0.113. The minimum Gasteiger partial charge on any atom is -0.325 e. The fourth-order valence-electron chi connectivity index (χ4n) is 2.25. The molecule has 0 fully saturated rings. The van der Waals surface area contributed by atoms with Crippen molar-refractivity contribution in [2.75, 3.05) is 11.1 Å². The molecule has 1 N–H and O–H groups in total. The minimum atomic E-state index is -0.233. The standard InChI is InChI=1S/C19H17N3O2S/c1-14-7-9-16(10-8-14)22-12-11-20-18(19(22)24)25-13-17(23)21-15-5-3-2-4-6-15/h2-12H,13H2,1H3,(H,21,23). The molecule has 0 aliphatic carbocycles. The van der Waals surface area contributed by atoms with Gasteiger partial charge in [-0.2, -0.15) is 0 Å². The molecule has 3 rings (SSSR count). The molecule has 0 saturated heterocycles. The Morgan fingerprint density at radius 2 is 1.84 bits per heavy atom. The van der Waals surface area contributed by atoms with E-state index in [1.54, 1.807) is 12.4 Å². The Morgan fingerprint density at radius 3 is 2.56 bits per heavy atom. The second-order valence-corrected chi connectivity index (χ2v) is 6.41. The lowest BCUT2D eigenvalue weighted by atomic mass is 10.2. The van der Waals surface area contributed by atoms with Gasteiger partial charge >= 0.3 is 0 Å². The predicted molar refractivity (Wildman–Crippen MR) is 100 cm³/mol. The van der Waals surface area contributed by atoms with Crippen LogP contribution in [0.25, 0.3) is 5.69 Å². The van der Waals surface area contributed by atoms with Crippen molar-refractivity contribution < 1.29 is 4.79 Å². The molecule has 1 amide bonds. The molecule has 6 heteroatoms. The smallest absolute Gasteiger partial charge is 0.287 e. The normalized spacial score (nSPS) is 10.4. The molecular formula is C19H17N3O2S. The molecule has 3 aromatic rings. The van der Waals surface area contributed by atoms with Gasteiger partial charge in [0.05, 0.1) is 5.75 Å². The highest BCUT2D eigenvalue weighted by Gasteiger charge is 2.10. The SMILES string of the molecule is Cc1ccc(-n2ccnc(SCC(=O)Nc3ccccc3)c2=O)cc1. The maximum atomic E-state index is 12.6. The van der Waals surface area contributed by atoms with Gasteiger partial charge in [-0.05, 0) is 31.2 Å². The lowest BCUT2D eigenvalue weighted by Gasteiger charge is -2.08. The van der Waals surface area contributed by atoms with Crippen molar-refractivity contribution in [2.45, 2.75) is 11.9 Å². The van der Waals surface area contributed by atoms with Gasteiger partial charge in [0, 0.05) is 23.8 Å². The van der Waals surface area contributed by atoms with Crippen molar-refractivity contribution in [1.82, 2.24) is 9.55 Å². The van der Waals surface area contributed by atoms with Crippen molar-refractivity contribution in [3.63, 3.8) is 0 Å². The summed E-state index contributed by atoms with van der Waals surface area (Å²) in [4.78, 5) is 28.7. The first-order valence-corrected chi connectivity index (χ1v) is 8.74. The van der Waals surface area contributed by atoms with E-state index in [2.05, 4.69) is 10.3 Å². The van der Waals surface area contributed by atoms with Crippen molar-refractivity contribution in [2.24, 2.45) is 0 Å². The number of nitrogens with one attached hydrogen (secondary N) is 1. The second-order valence-electron chi connectivity index (χ2n) is 5.45. The van der Waals surface area contributed by atoms with Crippen molar-refractivity contribution in [3.05, 3.63) is 82.9 Å². The van der Waals surface area contributed by atoms with Gasteiger partial charge in [0.2, 0.25) is 5.91 Å². The number of rotatable bonds is 5. The number of para-hydroxylation sites is 1. The van der Waals surface area contributed by atoms with E-state index in [1.165, 1.54) is 4.57 Å². The summed E-state index contributed by atoms with van der Waals surface area (Å²) in [7, 11) is 0. The minimum absolute atomic E-state index is 0.120. The molecule has 0 bridgehead atoms. The fraction of sp³-hybridized carbons (Fsp3) is 0.105. The van der Waals surface area contributed by atoms with Crippen LogP contribution in [0, 0.1) is 6.92 Å². The first-order chi connectivity index (χ1) is 12.1. The zero-order valence-electron chi connectivity index (χ0n) is 13.7. The highest BCUT2D eigenvalue weighted by molar-refractivity contribution is 7.99. The fourth-order valence-corrected chi connectivity index (χ4v) is 2.95. The summed E-state index contributed by atoms with van der Waals surface area (Å²) in [6, 6.07) is 16.9. The monoisotopic (exact) mass is 351 g/mol. The number of aryl methyl sites for hydroxylation is 1. The van der Waals surface area contributed by atoms with Crippen LogP contribution in [0.15, 0.2) is 76.8 Å². The molecule has 1 heterocycles. The Kier molecular flexibility index (Phi) is 5.30. The maximum absolute atomic E-state index is 12.6. The van der Waals surface area contributed by atoms with E-state index >= 15 is 0 Å². The molecule has 0 radical (unpaired) electrons. The summed E-state index contributed by atoms with van der Waals surface area (Å²) < 4.78 is 1.53. The number of hydrogen-bond donors (Lipinski definition) is 1. The van der Waals surface area contributed by atoms with Crippen LogP contribution in [-0.4, -0.2) is 21.2 Å². The van der Waals surface area contributed by atoms with Gasteiger partial charge in [0.25, 0.3) is 5.56 Å². The quantitative estimate of drug-likeness (QED) is 0.717. The molecule has 0 saturated carbocycles. The molecule has 1 aromatic heterocycles. The molecule has 2 aromatic carbocycles. The first-order valence-electron chi connectivity index (χ1n) is 7.76. The topological polar surface area (TPSA) is 64.0 Å². The molecule has 5 nitrogen and oxygen atoms in total. The van der Waals surface area contributed by atoms with Crippen LogP contribution in [0.5, 0.6) is 0 Å². The number of carbonyl (C=O) groups excluding carboxylic acids is 1. The maximum Gasteiger partial charge on any atom is 0.287 e. The zero-order chi connectivity index (χ0) is 17.6. The van der Waals surface area contributed by atoms with Crippen LogP contribution in [0.3, 0.4) is 0 Å². The number of anilines is 1. The molecule has 0 spiro atoms. The Balaban J connectivity index is 1.71. The highest BCUT2D eigenvalue weighted by atomic mass is 32.2. The van der Waals surface area contributed by atoms with Crippen LogP contribution in [0.4, 0.5) is 5.69 Å². The average Bonchev–Trinajstić information content (AvgIpc) is 2.63. The van der Waals surface area contributed by atoms with Crippen molar-refractivity contribution in [3.8, 4) is 5.69 Å². The Labute approximate surface area is 149 Å². The molecule has 126 valence electrons. The van der Waals surface area contributed by atoms with E-state index in [9.17, 15) is 9.59 Å². The molecular weight excluding hydrogens is 334 g/mol. The van der Waals surface area contributed by atoms with Gasteiger partial charge in [0.1, 0.15) is 0 Å². The van der Waals surface area contributed by atoms with Crippen LogP contribution in [-0.2, 0) is 4.79 Å². The Hall–Kier alpha value is -2.86. The molecule has 0 aliphatic heterocycles. The van der Waals surface area contributed by atoms with Crippen LogP contribution < -0.4 is 10.9 Å². The van der Waals surface area contributed by atoms with Crippen LogP contribution in [0.2, 0.25) is 0 Å². The Bertz CT molecular complexity index is 921. The largest absolute Gasteiger partial charge is 0.325 e. The van der Waals surface area contributed by atoms with Gasteiger partial charge in [-0.25, -0.2) is 4.98 Å². The van der Waals surface area contributed by atoms with Crippen molar-refractivity contribution in [1.29, 1.82) is 0 Å². The zero-order valence-corrected chi connectivity index (χ0v) is 14.5. The molecule has 0 atom stereocenters. The third kappa shape index (κ3) is 4.36. The number of amides is 1. The van der Waals surface area contributed by atoms with E-state index in [0.29, 0.717) is 5.03 Å². The molecule has 25 heavy (non-hydrogen) atoms. The van der Waals surface area contributed by atoms with Gasteiger partial charge in [-0.1, -0.05) is 47.7 Å². The van der Waals surface area contributed by atoms with Gasteiger partial charge in [0.15, 0.2) is 5.03 Å². The van der Waals surface area contributed by atoms with E-state index in [-0.39, 0.29) is 17.2 Å². The number of carbonyl (C=O) groups is 1. The van der Waals surface area contributed by atoms with E-state index in [1.807, 2.05) is 61.5 Å². The number of thioether (sulfide) groups is 1. The van der Waals surface area contributed by atoms with Gasteiger partial charge in [-0.15, -0.1) is 0 Å². The third-order valence-electron chi connectivity index (χ3n) is 3.52. The Morgan fingerprint density at radius 1 is 1.12 bits per heavy atom. The van der Waals surface area contributed by atoms with E-state index in [4.69, 9.17) is 0 Å². The van der Waals surface area contributed by atoms with Gasteiger partial charge in [-0.3, -0.25) is 14.2 Å². The third-order valence-corrected chi connectivity index (χ3v) is 4.48. The highest BCUT2D eigenvalue weighted by Crippen LogP contribution is 2.13. The van der Waals surface area contributed by atoms with E-state index in [0.717, 1.165) is 28.7 Å².